The predicted octanol–water partition coefficient (Wildman–Crippen LogP) is 3.63. The summed E-state index contributed by atoms with van der Waals surface area (Å²) in [4.78, 5) is 65.8. The van der Waals surface area contributed by atoms with E-state index < -0.39 is 94.4 Å². The highest BCUT2D eigenvalue weighted by Gasteiger charge is 2.82. The Morgan fingerprint density at radius 3 is 2.00 bits per heavy atom. The number of rotatable bonds is 6. The average molecular weight is 655 g/mol. The topological polar surface area (TPSA) is 150 Å². The zero-order valence-electron chi connectivity index (χ0n) is 27.9. The Labute approximate surface area is 273 Å². The van der Waals surface area contributed by atoms with Gasteiger partial charge in [-0.3, -0.25) is 19.2 Å². The Bertz CT molecular complexity index is 1550. The zero-order valence-corrected chi connectivity index (χ0v) is 27.9. The Morgan fingerprint density at radius 2 is 1.45 bits per heavy atom. The van der Waals surface area contributed by atoms with E-state index in [0.717, 1.165) is 5.57 Å². The molecule has 12 heteroatoms. The minimum Gasteiger partial charge on any atom is -0.462 e. The summed E-state index contributed by atoms with van der Waals surface area (Å²) in [5.74, 6) is -4.18. The van der Waals surface area contributed by atoms with Crippen LogP contribution in [-0.4, -0.2) is 84.3 Å². The molecular formula is C35H42O12. The lowest BCUT2D eigenvalue weighted by molar-refractivity contribution is -0.350. The maximum Gasteiger partial charge on any atom is 0.338 e. The van der Waals surface area contributed by atoms with Crippen LogP contribution in [0.5, 0.6) is 0 Å². The molecule has 2 aliphatic heterocycles. The summed E-state index contributed by atoms with van der Waals surface area (Å²) in [6.07, 6.45) is -5.42. The van der Waals surface area contributed by atoms with Gasteiger partial charge >= 0.3 is 29.8 Å². The molecule has 10 atom stereocenters. The summed E-state index contributed by atoms with van der Waals surface area (Å²) in [6.45, 7) is 12.4. The molecule has 0 aromatic heterocycles. The van der Waals surface area contributed by atoms with Crippen LogP contribution in [0.25, 0.3) is 0 Å². The molecule has 0 amide bonds. The lowest BCUT2D eigenvalue weighted by Gasteiger charge is -2.65. The van der Waals surface area contributed by atoms with Crippen LogP contribution in [-0.2, 0) is 52.3 Å². The van der Waals surface area contributed by atoms with E-state index in [9.17, 15) is 24.0 Å². The highest BCUT2D eigenvalue weighted by molar-refractivity contribution is 5.89. The number of hydrogen-bond acceptors (Lipinski definition) is 12. The first-order chi connectivity index (χ1) is 22.0. The van der Waals surface area contributed by atoms with Gasteiger partial charge in [0.1, 0.15) is 18.3 Å². The monoisotopic (exact) mass is 654 g/mol. The Hall–Kier alpha value is -3.77. The fourth-order valence-electron chi connectivity index (χ4n) is 9.53. The van der Waals surface area contributed by atoms with Gasteiger partial charge in [-0.25, -0.2) is 4.79 Å². The fraction of sp³-hybridized carbons (Fsp3) is 0.629. The quantitative estimate of drug-likeness (QED) is 0.250. The standard InChI is InChI=1S/C35H42O12/c1-17-23-15-34(32(6,7)47-23)26(17)27(43-19(3)37)29(44-20(4)38)33(8)24(42-18(2)36)14-25-35(16-41-25,46-21(5)39)28(33)30(34)45-31(40)22-12-10-9-11-13-22/h9-13,23-25,27-30H,14-16H2,1-8H3/t23-,24+,25-,27-,28+,29+,30+,33-,34-,35+/m1/s1. The van der Waals surface area contributed by atoms with Crippen LogP contribution >= 0.6 is 0 Å². The second kappa shape index (κ2) is 11.2. The zero-order chi connectivity index (χ0) is 34.3. The molecule has 12 nitrogen and oxygen atoms in total. The van der Waals surface area contributed by atoms with E-state index in [1.807, 2.05) is 20.8 Å². The summed E-state index contributed by atoms with van der Waals surface area (Å²) in [5.41, 5.74) is -3.46. The molecule has 5 aliphatic rings. The van der Waals surface area contributed by atoms with Crippen molar-refractivity contribution in [3.8, 4) is 0 Å². The highest BCUT2D eigenvalue weighted by atomic mass is 16.6. The van der Waals surface area contributed by atoms with Crippen LogP contribution < -0.4 is 0 Å². The maximum atomic E-state index is 14.2. The van der Waals surface area contributed by atoms with E-state index in [2.05, 4.69) is 0 Å². The molecule has 2 saturated carbocycles. The van der Waals surface area contributed by atoms with Crippen LogP contribution in [0.3, 0.4) is 0 Å². The smallest absolute Gasteiger partial charge is 0.338 e. The molecular weight excluding hydrogens is 612 g/mol. The molecule has 2 bridgehead atoms. The number of fused-ring (bicyclic) bond motifs is 4. The van der Waals surface area contributed by atoms with Gasteiger partial charge in [0.2, 0.25) is 0 Å². The summed E-state index contributed by atoms with van der Waals surface area (Å²) in [6, 6.07) is 8.48. The lowest BCUT2D eigenvalue weighted by atomic mass is 9.49. The van der Waals surface area contributed by atoms with E-state index in [1.54, 1.807) is 37.3 Å². The first kappa shape index (κ1) is 33.1. The van der Waals surface area contributed by atoms with Crippen molar-refractivity contribution < 1.29 is 57.1 Å². The van der Waals surface area contributed by atoms with Crippen LogP contribution in [0.15, 0.2) is 41.5 Å². The van der Waals surface area contributed by atoms with Crippen LogP contribution in [0.1, 0.15) is 78.6 Å². The van der Waals surface area contributed by atoms with Crippen molar-refractivity contribution in [1.82, 2.24) is 0 Å². The molecule has 47 heavy (non-hydrogen) atoms. The fourth-order valence-corrected chi connectivity index (χ4v) is 9.53. The van der Waals surface area contributed by atoms with Crippen molar-refractivity contribution in [3.63, 3.8) is 0 Å². The molecule has 1 aromatic carbocycles. The van der Waals surface area contributed by atoms with Crippen LogP contribution in [0.2, 0.25) is 0 Å². The lowest BCUT2D eigenvalue weighted by Crippen LogP contribution is -2.79. The van der Waals surface area contributed by atoms with Crippen molar-refractivity contribution in [3.05, 3.63) is 47.0 Å². The van der Waals surface area contributed by atoms with Gasteiger partial charge in [0.25, 0.3) is 0 Å². The number of carbonyl (C=O) groups is 5. The molecule has 1 spiro atoms. The molecule has 254 valence electrons. The third-order valence-corrected chi connectivity index (χ3v) is 11.2. The van der Waals surface area contributed by atoms with Gasteiger partial charge in [0, 0.05) is 34.1 Å². The molecule has 2 saturated heterocycles. The van der Waals surface area contributed by atoms with E-state index in [1.165, 1.54) is 27.7 Å². The molecule has 3 aliphatic carbocycles. The van der Waals surface area contributed by atoms with Gasteiger partial charge < -0.3 is 33.2 Å². The van der Waals surface area contributed by atoms with Gasteiger partial charge in [-0.05, 0) is 50.5 Å². The maximum absolute atomic E-state index is 14.2. The SMILES string of the molecule is CC(=O)O[C@@H]1C2=C(C)[C@H]3C[C@@]2([C@@H](OC(=O)c2ccccc2)[C@@H]2[C@]4(OC(C)=O)CO[C@@H]4C[C@H](OC(C)=O)[C@@]2(C)[C@H]1OC(C)=O)C(C)(C)O3. The molecule has 0 unspecified atom stereocenters. The third-order valence-electron chi connectivity index (χ3n) is 11.2. The van der Waals surface area contributed by atoms with Gasteiger partial charge in [-0.15, -0.1) is 0 Å². The summed E-state index contributed by atoms with van der Waals surface area (Å²) in [7, 11) is 0. The minimum absolute atomic E-state index is 0.0620. The van der Waals surface area contributed by atoms with Gasteiger partial charge in [-0.2, -0.15) is 0 Å². The molecule has 6 rings (SSSR count). The van der Waals surface area contributed by atoms with Crippen LogP contribution in [0.4, 0.5) is 0 Å². The van der Waals surface area contributed by atoms with Crippen molar-refractivity contribution in [2.75, 3.05) is 6.61 Å². The number of carbonyl (C=O) groups excluding carboxylic acids is 5. The largest absolute Gasteiger partial charge is 0.462 e. The van der Waals surface area contributed by atoms with Gasteiger partial charge in [0.15, 0.2) is 17.8 Å². The van der Waals surface area contributed by atoms with Crippen molar-refractivity contribution >= 4 is 29.8 Å². The third kappa shape index (κ3) is 4.73. The minimum atomic E-state index is -1.48. The van der Waals surface area contributed by atoms with Crippen molar-refractivity contribution in [1.29, 1.82) is 0 Å². The van der Waals surface area contributed by atoms with Crippen LogP contribution in [0, 0.1) is 16.7 Å². The number of esters is 5. The molecule has 0 radical (unpaired) electrons. The Morgan fingerprint density at radius 1 is 0.809 bits per heavy atom. The second-order valence-electron chi connectivity index (χ2n) is 14.2. The van der Waals surface area contributed by atoms with Crippen molar-refractivity contribution in [2.45, 2.75) is 116 Å². The molecule has 0 N–H and O–H groups in total. The predicted molar refractivity (Wildman–Crippen MR) is 161 cm³/mol. The second-order valence-corrected chi connectivity index (χ2v) is 14.2. The Kier molecular flexibility index (Phi) is 7.86. The van der Waals surface area contributed by atoms with Gasteiger partial charge in [0.05, 0.1) is 40.6 Å². The first-order valence-electron chi connectivity index (χ1n) is 16.0. The van der Waals surface area contributed by atoms with E-state index in [-0.39, 0.29) is 18.6 Å². The van der Waals surface area contributed by atoms with E-state index >= 15 is 0 Å². The van der Waals surface area contributed by atoms with E-state index in [0.29, 0.717) is 12.0 Å². The number of ether oxygens (including phenoxy) is 7. The van der Waals surface area contributed by atoms with Gasteiger partial charge in [-0.1, -0.05) is 25.1 Å². The highest BCUT2D eigenvalue weighted by Crippen LogP contribution is 2.72. The summed E-state index contributed by atoms with van der Waals surface area (Å²) in [5, 5.41) is 0. The molecule has 1 aromatic rings. The number of benzene rings is 1. The van der Waals surface area contributed by atoms with E-state index in [4.69, 9.17) is 33.2 Å². The first-order valence-corrected chi connectivity index (χ1v) is 16.0. The van der Waals surface area contributed by atoms with Crippen molar-refractivity contribution in [2.24, 2.45) is 16.7 Å². The number of hydrogen-bond donors (Lipinski definition) is 0. The summed E-state index contributed by atoms with van der Waals surface area (Å²) >= 11 is 0. The normalized spacial score (nSPS) is 39.2. The summed E-state index contributed by atoms with van der Waals surface area (Å²) < 4.78 is 44.0. The molecule has 4 fully saturated rings. The average Bonchev–Trinajstić information content (AvgIpc) is 3.39. The Balaban J connectivity index is 1.72. The molecule has 2 heterocycles.